The molecule has 0 aromatic heterocycles. The molecule has 4 rings (SSSR count). The van der Waals surface area contributed by atoms with Gasteiger partial charge in [-0.25, -0.2) is 4.79 Å². The van der Waals surface area contributed by atoms with E-state index in [1.165, 1.54) is 18.2 Å². The highest BCUT2D eigenvalue weighted by Crippen LogP contribution is 2.44. The number of aliphatic carboxylic acids is 1. The number of halogens is 1. The molecule has 1 atom stereocenters. The Bertz CT molecular complexity index is 1310. The lowest BCUT2D eigenvalue weighted by Crippen LogP contribution is -2.45. The maximum atomic E-state index is 12.7. The smallest absolute Gasteiger partial charge is 0.407 e. The molecule has 9 heteroatoms. The van der Waals surface area contributed by atoms with Crippen LogP contribution in [-0.4, -0.2) is 35.7 Å². The summed E-state index contributed by atoms with van der Waals surface area (Å²) in [7, 11) is 0. The van der Waals surface area contributed by atoms with Gasteiger partial charge in [-0.1, -0.05) is 48.5 Å². The number of alkyl carbamates (subject to hydrolysis) is 1. The van der Waals surface area contributed by atoms with Crippen LogP contribution in [0.25, 0.3) is 11.1 Å². The first kappa shape index (κ1) is 24.0. The summed E-state index contributed by atoms with van der Waals surface area (Å²) in [6, 6.07) is 20.9. The minimum absolute atomic E-state index is 0.0316. The van der Waals surface area contributed by atoms with Gasteiger partial charge >= 0.3 is 12.1 Å². The number of benzene rings is 3. The second-order valence-corrected chi connectivity index (χ2v) is 8.77. The lowest BCUT2D eigenvalue weighted by molar-refractivity contribution is -0.139. The Morgan fingerprint density at radius 3 is 2.23 bits per heavy atom. The molecule has 0 saturated heterocycles. The molecule has 0 radical (unpaired) electrons. The van der Waals surface area contributed by atoms with Gasteiger partial charge in [0.05, 0.1) is 12.0 Å². The van der Waals surface area contributed by atoms with Crippen molar-refractivity contribution in [3.05, 3.63) is 87.9 Å². The van der Waals surface area contributed by atoms with Crippen LogP contribution in [0.2, 0.25) is 0 Å². The summed E-state index contributed by atoms with van der Waals surface area (Å²) >= 11 is 3.23. The second kappa shape index (κ2) is 10.4. The van der Waals surface area contributed by atoms with Gasteiger partial charge in [0.15, 0.2) is 0 Å². The third kappa shape index (κ3) is 5.34. The Kier molecular flexibility index (Phi) is 7.13. The highest BCUT2D eigenvalue weighted by molar-refractivity contribution is 9.10. The zero-order valence-electron chi connectivity index (χ0n) is 18.3. The molecule has 0 saturated carbocycles. The predicted octanol–water partition coefficient (Wildman–Crippen LogP) is 4.64. The number of amides is 2. The summed E-state index contributed by atoms with van der Waals surface area (Å²) < 4.78 is 5.90. The van der Waals surface area contributed by atoms with Crippen molar-refractivity contribution in [3.63, 3.8) is 0 Å². The molecule has 1 aliphatic rings. The fourth-order valence-electron chi connectivity index (χ4n) is 4.08. The van der Waals surface area contributed by atoms with E-state index in [-0.39, 0.29) is 12.5 Å². The van der Waals surface area contributed by atoms with Crippen molar-refractivity contribution in [1.82, 2.24) is 5.32 Å². The molecule has 3 aromatic rings. The van der Waals surface area contributed by atoms with E-state index >= 15 is 0 Å². The number of carboxylic acids is 1. The van der Waals surface area contributed by atoms with Crippen LogP contribution in [0, 0.1) is 11.3 Å². The van der Waals surface area contributed by atoms with Gasteiger partial charge in [0.1, 0.15) is 18.7 Å². The molecule has 8 nitrogen and oxygen atoms in total. The van der Waals surface area contributed by atoms with Crippen LogP contribution in [0.1, 0.15) is 29.0 Å². The van der Waals surface area contributed by atoms with Gasteiger partial charge in [-0.3, -0.25) is 9.59 Å². The van der Waals surface area contributed by atoms with Crippen LogP contribution >= 0.6 is 15.9 Å². The molecule has 1 unspecified atom stereocenters. The first-order valence-electron chi connectivity index (χ1n) is 10.7. The number of carbonyl (C=O) groups excluding carboxylic acids is 2. The third-order valence-electron chi connectivity index (χ3n) is 5.69. The van der Waals surface area contributed by atoms with E-state index in [1.54, 1.807) is 0 Å². The molecule has 3 aromatic carbocycles. The number of ether oxygens (including phenoxy) is 1. The van der Waals surface area contributed by atoms with Gasteiger partial charge < -0.3 is 20.5 Å². The minimum Gasteiger partial charge on any atom is -0.481 e. The van der Waals surface area contributed by atoms with E-state index in [1.807, 2.05) is 54.6 Å². The molecule has 0 spiro atoms. The summed E-state index contributed by atoms with van der Waals surface area (Å²) in [5, 5.41) is 23.2. The van der Waals surface area contributed by atoms with Crippen LogP contribution in [0.15, 0.2) is 71.2 Å². The SMILES string of the molecule is N#Cc1ccc(NC(=O)C(CC(=O)O)NC(=O)OCC2c3ccccc3-c3ccccc32)cc1Br. The quantitative estimate of drug-likeness (QED) is 0.405. The number of nitriles is 1. The van der Waals surface area contributed by atoms with Crippen LogP contribution in [0.4, 0.5) is 10.5 Å². The monoisotopic (exact) mass is 533 g/mol. The summed E-state index contributed by atoms with van der Waals surface area (Å²) in [6.45, 7) is 0.0316. The average Bonchev–Trinajstić information content (AvgIpc) is 3.16. The summed E-state index contributed by atoms with van der Waals surface area (Å²) in [5.74, 6) is -2.15. The van der Waals surface area contributed by atoms with Crippen molar-refractivity contribution in [2.75, 3.05) is 11.9 Å². The second-order valence-electron chi connectivity index (χ2n) is 7.92. The van der Waals surface area contributed by atoms with E-state index in [2.05, 4.69) is 26.6 Å². The first-order chi connectivity index (χ1) is 16.9. The van der Waals surface area contributed by atoms with Crippen LogP contribution in [-0.2, 0) is 14.3 Å². The summed E-state index contributed by atoms with van der Waals surface area (Å²) in [4.78, 5) is 36.6. The third-order valence-corrected chi connectivity index (χ3v) is 6.34. The van der Waals surface area contributed by atoms with Gasteiger partial charge in [-0.15, -0.1) is 0 Å². The number of anilines is 1. The van der Waals surface area contributed by atoms with Crippen molar-refractivity contribution in [1.29, 1.82) is 5.26 Å². The summed E-state index contributed by atoms with van der Waals surface area (Å²) in [5.41, 5.74) is 4.94. The molecule has 2 amide bonds. The standard InChI is InChI=1S/C26H20BrN3O5/c27-22-11-16(10-9-15(22)13-28)29-25(33)23(12-24(31)32)30-26(34)35-14-21-19-7-3-1-5-17(19)18-6-2-4-8-20(18)21/h1-11,21,23H,12,14H2,(H,29,33)(H,30,34)(H,31,32). The number of carbonyl (C=O) groups is 3. The topological polar surface area (TPSA) is 129 Å². The van der Waals surface area contributed by atoms with Gasteiger partial charge in [0, 0.05) is 16.1 Å². The van der Waals surface area contributed by atoms with Crippen molar-refractivity contribution in [3.8, 4) is 17.2 Å². The highest BCUT2D eigenvalue weighted by Gasteiger charge is 2.30. The Morgan fingerprint density at radius 1 is 1.03 bits per heavy atom. The molecule has 176 valence electrons. The number of nitrogens with one attached hydrogen (secondary N) is 2. The lowest BCUT2D eigenvalue weighted by atomic mass is 9.98. The Balaban J connectivity index is 1.43. The molecule has 0 heterocycles. The highest BCUT2D eigenvalue weighted by atomic mass is 79.9. The number of carboxylic acid groups (broad SMARTS) is 1. The van der Waals surface area contributed by atoms with Crippen molar-refractivity contribution >= 4 is 39.6 Å². The molecule has 0 bridgehead atoms. The Morgan fingerprint density at radius 2 is 1.66 bits per heavy atom. The normalized spacial score (nSPS) is 12.6. The van der Waals surface area contributed by atoms with Crippen molar-refractivity contribution in [2.24, 2.45) is 0 Å². The van der Waals surface area contributed by atoms with Gasteiger partial charge in [0.25, 0.3) is 0 Å². The lowest BCUT2D eigenvalue weighted by Gasteiger charge is -2.19. The Hall–Kier alpha value is -4.16. The minimum atomic E-state index is -1.36. The van der Waals surface area contributed by atoms with Gasteiger partial charge in [0.2, 0.25) is 5.91 Å². The molecular formula is C26H20BrN3O5. The van der Waals surface area contributed by atoms with Crippen LogP contribution in [0.5, 0.6) is 0 Å². The molecule has 0 aliphatic heterocycles. The van der Waals surface area contributed by atoms with Gasteiger partial charge in [-0.05, 0) is 56.4 Å². The van der Waals surface area contributed by atoms with E-state index < -0.39 is 30.4 Å². The molecule has 1 aliphatic carbocycles. The number of hydrogen-bond acceptors (Lipinski definition) is 5. The number of nitrogens with zero attached hydrogens (tertiary/aromatic N) is 1. The van der Waals surface area contributed by atoms with E-state index in [4.69, 9.17) is 10.00 Å². The fourth-order valence-corrected chi connectivity index (χ4v) is 4.55. The number of fused-ring (bicyclic) bond motifs is 3. The van der Waals surface area contributed by atoms with Crippen LogP contribution in [0.3, 0.4) is 0 Å². The average molecular weight is 534 g/mol. The zero-order chi connectivity index (χ0) is 24.9. The number of rotatable bonds is 7. The van der Waals surface area contributed by atoms with Crippen molar-refractivity contribution < 1.29 is 24.2 Å². The first-order valence-corrected chi connectivity index (χ1v) is 11.5. The largest absolute Gasteiger partial charge is 0.481 e. The van der Waals surface area contributed by atoms with E-state index in [0.717, 1.165) is 22.3 Å². The molecular weight excluding hydrogens is 514 g/mol. The Labute approximate surface area is 209 Å². The molecule has 3 N–H and O–H groups in total. The molecule has 35 heavy (non-hydrogen) atoms. The van der Waals surface area contributed by atoms with E-state index in [0.29, 0.717) is 15.7 Å². The maximum absolute atomic E-state index is 12.7. The fraction of sp³-hybridized carbons (Fsp3) is 0.154. The van der Waals surface area contributed by atoms with Crippen LogP contribution < -0.4 is 10.6 Å². The molecule has 0 fully saturated rings. The van der Waals surface area contributed by atoms with Crippen molar-refractivity contribution in [2.45, 2.75) is 18.4 Å². The predicted molar refractivity (Wildman–Crippen MR) is 132 cm³/mol. The van der Waals surface area contributed by atoms with Gasteiger partial charge in [-0.2, -0.15) is 5.26 Å². The zero-order valence-corrected chi connectivity index (χ0v) is 19.9. The number of hydrogen-bond donors (Lipinski definition) is 3. The summed E-state index contributed by atoms with van der Waals surface area (Å²) in [6.07, 6.45) is -1.53. The maximum Gasteiger partial charge on any atom is 0.407 e. The van der Waals surface area contributed by atoms with E-state index in [9.17, 15) is 19.5 Å².